The predicted molar refractivity (Wildman–Crippen MR) is 55.0 cm³/mol. The van der Waals surface area contributed by atoms with Crippen LogP contribution in [0.4, 0.5) is 0 Å². The molecule has 0 radical (unpaired) electrons. The number of hydrogen-bond acceptors (Lipinski definition) is 1. The molecule has 2 aliphatic carbocycles. The molecule has 2 fully saturated rings. The summed E-state index contributed by atoms with van der Waals surface area (Å²) in [6.45, 7) is 4.67. The highest BCUT2D eigenvalue weighted by Gasteiger charge is 2.51. The highest BCUT2D eigenvalue weighted by Crippen LogP contribution is 2.60. The fourth-order valence-electron chi connectivity index (χ4n) is 3.85. The van der Waals surface area contributed by atoms with Gasteiger partial charge in [-0.3, -0.25) is 4.79 Å². The number of fused-ring (bicyclic) bond motifs is 2. The number of carboxylic acid groups (broad SMARTS) is 1. The van der Waals surface area contributed by atoms with Crippen molar-refractivity contribution >= 4 is 5.97 Å². The number of hydrogen-bond donors (Lipinski definition) is 1. The van der Waals surface area contributed by atoms with Gasteiger partial charge in [0.1, 0.15) is 0 Å². The van der Waals surface area contributed by atoms with Gasteiger partial charge in [0, 0.05) is 6.42 Å². The molecule has 2 bridgehead atoms. The minimum absolute atomic E-state index is 0.358. The first-order chi connectivity index (χ1) is 6.51. The Kier molecular flexibility index (Phi) is 2.32. The summed E-state index contributed by atoms with van der Waals surface area (Å²) in [7, 11) is 0. The Hall–Kier alpha value is -0.530. The van der Waals surface area contributed by atoms with Gasteiger partial charge in [-0.2, -0.15) is 0 Å². The second kappa shape index (κ2) is 3.25. The van der Waals surface area contributed by atoms with Crippen molar-refractivity contribution in [2.75, 3.05) is 0 Å². The second-order valence-corrected chi connectivity index (χ2v) is 5.63. The van der Waals surface area contributed by atoms with Crippen LogP contribution in [-0.4, -0.2) is 11.1 Å². The van der Waals surface area contributed by atoms with Crippen molar-refractivity contribution in [1.29, 1.82) is 0 Å². The van der Waals surface area contributed by atoms with Crippen LogP contribution in [0.1, 0.15) is 46.0 Å². The monoisotopic (exact) mass is 196 g/mol. The minimum atomic E-state index is -0.636. The van der Waals surface area contributed by atoms with Gasteiger partial charge in [-0.15, -0.1) is 0 Å². The van der Waals surface area contributed by atoms with Crippen molar-refractivity contribution in [2.45, 2.75) is 46.0 Å². The zero-order chi connectivity index (χ0) is 10.3. The Morgan fingerprint density at radius 1 is 1.43 bits per heavy atom. The molecular formula is C12H20O2. The maximum absolute atomic E-state index is 10.6. The predicted octanol–water partition coefficient (Wildman–Crippen LogP) is 2.92. The quantitative estimate of drug-likeness (QED) is 0.753. The lowest BCUT2D eigenvalue weighted by molar-refractivity contribution is -0.137. The van der Waals surface area contributed by atoms with Crippen LogP contribution >= 0.6 is 0 Å². The van der Waals surface area contributed by atoms with Crippen molar-refractivity contribution in [3.63, 3.8) is 0 Å². The maximum atomic E-state index is 10.6. The third-order valence-corrected chi connectivity index (χ3v) is 4.72. The molecule has 2 nitrogen and oxygen atoms in total. The zero-order valence-electron chi connectivity index (χ0n) is 9.12. The average Bonchev–Trinajstić information content (AvgIpc) is 2.59. The third-order valence-electron chi connectivity index (χ3n) is 4.72. The Labute approximate surface area is 85.7 Å². The van der Waals surface area contributed by atoms with Crippen LogP contribution in [0.15, 0.2) is 0 Å². The summed E-state index contributed by atoms with van der Waals surface area (Å²) >= 11 is 0. The van der Waals surface area contributed by atoms with Crippen LogP contribution < -0.4 is 0 Å². The molecule has 0 aromatic heterocycles. The molecule has 0 aromatic carbocycles. The first-order valence-corrected chi connectivity index (χ1v) is 5.73. The van der Waals surface area contributed by atoms with Gasteiger partial charge in [-0.25, -0.2) is 0 Å². The van der Waals surface area contributed by atoms with Crippen molar-refractivity contribution in [3.8, 4) is 0 Å². The standard InChI is InChI=1S/C12H20O2/c1-12(2)9-4-3-8(7-9)10(12)5-6-11(13)14/h8-10H,3-7H2,1-2H3,(H,13,14)/t8-,9-,10-/m0/s1. The largest absolute Gasteiger partial charge is 0.481 e. The van der Waals surface area contributed by atoms with E-state index in [1.807, 2.05) is 0 Å². The SMILES string of the molecule is CC1(C)[C@H]2CC[C@@H](C2)[C@@H]1CCC(=O)O. The van der Waals surface area contributed by atoms with E-state index in [9.17, 15) is 4.79 Å². The molecule has 0 amide bonds. The molecule has 3 atom stereocenters. The fourth-order valence-corrected chi connectivity index (χ4v) is 3.85. The van der Waals surface area contributed by atoms with Crippen molar-refractivity contribution < 1.29 is 9.90 Å². The van der Waals surface area contributed by atoms with E-state index in [4.69, 9.17) is 5.11 Å². The van der Waals surface area contributed by atoms with Crippen LogP contribution in [0.3, 0.4) is 0 Å². The Bertz CT molecular complexity index is 245. The number of aliphatic carboxylic acids is 1. The van der Waals surface area contributed by atoms with Gasteiger partial charge >= 0.3 is 5.97 Å². The van der Waals surface area contributed by atoms with Gasteiger partial charge < -0.3 is 5.11 Å². The highest BCUT2D eigenvalue weighted by atomic mass is 16.4. The summed E-state index contributed by atoms with van der Waals surface area (Å²) in [6, 6.07) is 0. The van der Waals surface area contributed by atoms with E-state index in [1.165, 1.54) is 19.3 Å². The number of carboxylic acids is 1. The summed E-state index contributed by atoms with van der Waals surface area (Å²) in [5.74, 6) is 1.72. The molecule has 1 N–H and O–H groups in total. The molecule has 80 valence electrons. The van der Waals surface area contributed by atoms with Gasteiger partial charge in [-0.05, 0) is 48.9 Å². The smallest absolute Gasteiger partial charge is 0.303 e. The van der Waals surface area contributed by atoms with Gasteiger partial charge in [0.15, 0.2) is 0 Å². The summed E-state index contributed by atoms with van der Waals surface area (Å²) in [4.78, 5) is 10.6. The summed E-state index contributed by atoms with van der Waals surface area (Å²) in [5.41, 5.74) is 0.401. The van der Waals surface area contributed by atoms with Gasteiger partial charge in [0.05, 0.1) is 0 Å². The molecular weight excluding hydrogens is 176 g/mol. The molecule has 0 heterocycles. The van der Waals surface area contributed by atoms with Gasteiger partial charge in [-0.1, -0.05) is 13.8 Å². The molecule has 2 heteroatoms. The van der Waals surface area contributed by atoms with Crippen molar-refractivity contribution in [1.82, 2.24) is 0 Å². The highest BCUT2D eigenvalue weighted by molar-refractivity contribution is 5.66. The van der Waals surface area contributed by atoms with Crippen LogP contribution in [0.5, 0.6) is 0 Å². The van der Waals surface area contributed by atoms with E-state index in [0.29, 0.717) is 17.8 Å². The molecule has 0 aromatic rings. The molecule has 2 rings (SSSR count). The van der Waals surface area contributed by atoms with E-state index in [1.54, 1.807) is 0 Å². The first kappa shape index (κ1) is 10.0. The normalized spacial score (nSPS) is 38.9. The van der Waals surface area contributed by atoms with E-state index >= 15 is 0 Å². The lowest BCUT2D eigenvalue weighted by Gasteiger charge is -2.38. The Balaban J connectivity index is 2.01. The average molecular weight is 196 g/mol. The summed E-state index contributed by atoms with van der Waals surface area (Å²) in [5, 5.41) is 8.71. The topological polar surface area (TPSA) is 37.3 Å². The fraction of sp³-hybridized carbons (Fsp3) is 0.917. The molecule has 0 aliphatic heterocycles. The lowest BCUT2D eigenvalue weighted by Crippen LogP contribution is -2.31. The minimum Gasteiger partial charge on any atom is -0.481 e. The van der Waals surface area contributed by atoms with Gasteiger partial charge in [0.2, 0.25) is 0 Å². The first-order valence-electron chi connectivity index (χ1n) is 5.73. The van der Waals surface area contributed by atoms with E-state index < -0.39 is 5.97 Å². The van der Waals surface area contributed by atoms with Crippen LogP contribution in [0.2, 0.25) is 0 Å². The summed E-state index contributed by atoms with van der Waals surface area (Å²) in [6.07, 6.45) is 5.33. The molecule has 0 unspecified atom stereocenters. The van der Waals surface area contributed by atoms with E-state index in [-0.39, 0.29) is 0 Å². The van der Waals surface area contributed by atoms with Crippen LogP contribution in [0, 0.1) is 23.2 Å². The molecule has 0 saturated heterocycles. The number of rotatable bonds is 3. The summed E-state index contributed by atoms with van der Waals surface area (Å²) < 4.78 is 0. The van der Waals surface area contributed by atoms with E-state index in [2.05, 4.69) is 13.8 Å². The Morgan fingerprint density at radius 3 is 2.64 bits per heavy atom. The lowest BCUT2D eigenvalue weighted by atomic mass is 9.67. The zero-order valence-corrected chi connectivity index (χ0v) is 9.12. The molecule has 2 saturated carbocycles. The van der Waals surface area contributed by atoms with Crippen molar-refractivity contribution in [3.05, 3.63) is 0 Å². The second-order valence-electron chi connectivity index (χ2n) is 5.63. The van der Waals surface area contributed by atoms with Crippen molar-refractivity contribution in [2.24, 2.45) is 23.2 Å². The van der Waals surface area contributed by atoms with Crippen LogP contribution in [-0.2, 0) is 4.79 Å². The third kappa shape index (κ3) is 1.45. The Morgan fingerprint density at radius 2 is 2.14 bits per heavy atom. The molecule has 2 aliphatic rings. The van der Waals surface area contributed by atoms with Gasteiger partial charge in [0.25, 0.3) is 0 Å². The van der Waals surface area contributed by atoms with Crippen LogP contribution in [0.25, 0.3) is 0 Å². The molecule has 14 heavy (non-hydrogen) atoms. The number of carbonyl (C=O) groups is 1. The van der Waals surface area contributed by atoms with E-state index in [0.717, 1.165) is 18.3 Å². The maximum Gasteiger partial charge on any atom is 0.303 e. The molecule has 0 spiro atoms.